The van der Waals surface area contributed by atoms with Gasteiger partial charge in [-0.1, -0.05) is 27.5 Å². The third-order valence-corrected chi connectivity index (χ3v) is 4.56. The molecule has 0 aliphatic heterocycles. The molecule has 0 unspecified atom stereocenters. The van der Waals surface area contributed by atoms with Gasteiger partial charge in [-0.3, -0.25) is 9.59 Å². The van der Waals surface area contributed by atoms with Crippen LogP contribution in [0.4, 0.5) is 0 Å². The number of furan rings is 1. The lowest BCUT2D eigenvalue weighted by Gasteiger charge is -1.99. The largest absolute Gasteiger partial charge is 0.463 e. The summed E-state index contributed by atoms with van der Waals surface area (Å²) in [5.74, 6) is -0.427. The second kappa shape index (κ2) is 7.02. The molecule has 1 amide bonds. The van der Waals surface area contributed by atoms with E-state index < -0.39 is 5.91 Å². The minimum atomic E-state index is -0.535. The Morgan fingerprint density at radius 3 is 2.81 bits per heavy atom. The number of benzene rings is 2. The van der Waals surface area contributed by atoms with Crippen molar-refractivity contribution in [2.75, 3.05) is 0 Å². The van der Waals surface area contributed by atoms with Crippen molar-refractivity contribution in [3.8, 4) is 0 Å². The molecule has 2 aromatic carbocycles. The normalized spacial score (nSPS) is 11.5. The number of nitrogens with zero attached hydrogens (tertiary/aromatic N) is 1. The number of hydrogen-bond acceptors (Lipinski definition) is 5. The number of hydrogen-bond donors (Lipinski definition) is 1. The van der Waals surface area contributed by atoms with E-state index in [0.717, 1.165) is 9.86 Å². The van der Waals surface area contributed by atoms with Gasteiger partial charge in [0.05, 0.1) is 17.2 Å². The Morgan fingerprint density at radius 1 is 1.15 bits per heavy atom. The monoisotopic (exact) mass is 444 g/mol. The number of amides is 1. The van der Waals surface area contributed by atoms with E-state index >= 15 is 0 Å². The zero-order valence-electron chi connectivity index (χ0n) is 13.5. The topological polar surface area (TPSA) is 84.8 Å². The van der Waals surface area contributed by atoms with Crippen LogP contribution in [0.15, 0.2) is 71.9 Å². The molecule has 0 aliphatic carbocycles. The summed E-state index contributed by atoms with van der Waals surface area (Å²) in [6, 6.07) is 11.8. The second-order valence-corrected chi connectivity index (χ2v) is 7.00. The van der Waals surface area contributed by atoms with E-state index in [9.17, 15) is 9.59 Å². The number of fused-ring (bicyclic) bond motifs is 2. The Labute approximate surface area is 165 Å². The quantitative estimate of drug-likeness (QED) is 0.365. The highest BCUT2D eigenvalue weighted by Gasteiger charge is 2.12. The molecule has 4 aromatic rings. The molecule has 4 rings (SSSR count). The number of carbonyl (C=O) groups excluding carboxylic acids is 1. The summed E-state index contributed by atoms with van der Waals surface area (Å²) in [5.41, 5.74) is 3.21. The molecule has 0 aliphatic rings. The molecule has 0 fully saturated rings. The van der Waals surface area contributed by atoms with Gasteiger partial charge in [0.2, 0.25) is 5.43 Å². The number of rotatable bonds is 3. The van der Waals surface area contributed by atoms with E-state index in [1.807, 2.05) is 12.1 Å². The summed E-state index contributed by atoms with van der Waals surface area (Å²) in [5, 5.41) is 5.35. The summed E-state index contributed by atoms with van der Waals surface area (Å²) in [6.45, 7) is 0. The van der Waals surface area contributed by atoms with Gasteiger partial charge in [0, 0.05) is 14.9 Å². The maximum atomic E-state index is 12.4. The van der Waals surface area contributed by atoms with Crippen LogP contribution in [0.25, 0.3) is 21.9 Å². The minimum Gasteiger partial charge on any atom is -0.463 e. The summed E-state index contributed by atoms with van der Waals surface area (Å²) < 4.78 is 11.7. The smallest absolute Gasteiger partial charge is 0.307 e. The van der Waals surface area contributed by atoms with E-state index in [-0.39, 0.29) is 16.8 Å². The molecule has 27 heavy (non-hydrogen) atoms. The summed E-state index contributed by atoms with van der Waals surface area (Å²) >= 11 is 9.28. The maximum Gasteiger partial charge on any atom is 0.307 e. The molecule has 6 nitrogen and oxygen atoms in total. The molecule has 0 radical (unpaired) electrons. The van der Waals surface area contributed by atoms with E-state index in [4.69, 9.17) is 20.4 Å². The van der Waals surface area contributed by atoms with Crippen LogP contribution in [0.2, 0.25) is 5.02 Å². The Balaban J connectivity index is 1.56. The lowest BCUT2D eigenvalue weighted by atomic mass is 10.2. The van der Waals surface area contributed by atoms with Crippen molar-refractivity contribution in [3.63, 3.8) is 0 Å². The zero-order chi connectivity index (χ0) is 19.0. The highest BCUT2D eigenvalue weighted by Crippen LogP contribution is 2.23. The van der Waals surface area contributed by atoms with E-state index in [0.29, 0.717) is 21.6 Å². The van der Waals surface area contributed by atoms with Gasteiger partial charge in [0.1, 0.15) is 17.4 Å². The van der Waals surface area contributed by atoms with Gasteiger partial charge in [-0.25, -0.2) is 5.43 Å². The molecular formula is C19H10BrClN2O4. The van der Waals surface area contributed by atoms with Crippen molar-refractivity contribution in [1.29, 1.82) is 0 Å². The van der Waals surface area contributed by atoms with E-state index in [2.05, 4.69) is 26.5 Å². The average Bonchev–Trinajstić information content (AvgIpc) is 3.07. The third-order valence-electron chi connectivity index (χ3n) is 3.83. The van der Waals surface area contributed by atoms with E-state index in [1.165, 1.54) is 18.5 Å². The van der Waals surface area contributed by atoms with Crippen molar-refractivity contribution < 1.29 is 13.6 Å². The molecule has 0 saturated carbocycles. The first kappa shape index (κ1) is 17.5. The number of halogens is 2. The lowest BCUT2D eigenvalue weighted by molar-refractivity contribution is 0.0929. The van der Waals surface area contributed by atoms with Gasteiger partial charge < -0.3 is 8.83 Å². The van der Waals surface area contributed by atoms with Crippen LogP contribution in [0.3, 0.4) is 0 Å². The number of carbonyl (C=O) groups is 1. The molecule has 134 valence electrons. The van der Waals surface area contributed by atoms with Crippen LogP contribution in [0.5, 0.6) is 0 Å². The SMILES string of the molecule is O=C(NN=Cc1coc2ccc(Cl)cc2c1=O)c1cc2cc(Br)ccc2o1. The van der Waals surface area contributed by atoms with Gasteiger partial charge >= 0.3 is 5.91 Å². The van der Waals surface area contributed by atoms with Crippen LogP contribution >= 0.6 is 27.5 Å². The minimum absolute atomic E-state index is 0.109. The first-order valence-corrected chi connectivity index (χ1v) is 8.92. The molecule has 0 saturated heterocycles. The summed E-state index contributed by atoms with van der Waals surface area (Å²) in [4.78, 5) is 24.6. The third kappa shape index (κ3) is 3.51. The predicted molar refractivity (Wildman–Crippen MR) is 106 cm³/mol. The van der Waals surface area contributed by atoms with Gasteiger partial charge in [-0.15, -0.1) is 0 Å². The Morgan fingerprint density at radius 2 is 1.96 bits per heavy atom. The molecular weight excluding hydrogens is 436 g/mol. The van der Waals surface area contributed by atoms with Crippen molar-refractivity contribution >= 4 is 61.6 Å². The van der Waals surface area contributed by atoms with Crippen LogP contribution in [-0.2, 0) is 0 Å². The molecule has 0 bridgehead atoms. The predicted octanol–water partition coefficient (Wildman–Crippen LogP) is 4.72. The van der Waals surface area contributed by atoms with Crippen molar-refractivity contribution in [2.24, 2.45) is 5.10 Å². The number of hydrazone groups is 1. The Kier molecular flexibility index (Phi) is 4.55. The van der Waals surface area contributed by atoms with Crippen molar-refractivity contribution in [1.82, 2.24) is 5.43 Å². The van der Waals surface area contributed by atoms with E-state index in [1.54, 1.807) is 24.3 Å². The van der Waals surface area contributed by atoms with Crippen LogP contribution in [0.1, 0.15) is 16.1 Å². The standard InChI is InChI=1S/C19H10BrClN2O4/c20-12-1-3-15-10(5-12)6-17(27-15)19(25)23-22-8-11-9-26-16-4-2-13(21)7-14(16)18(11)24/h1-9H,(H,23,25). The fourth-order valence-corrected chi connectivity index (χ4v) is 3.10. The Hall–Kier alpha value is -2.90. The highest BCUT2D eigenvalue weighted by atomic mass is 79.9. The molecule has 0 spiro atoms. The average molecular weight is 446 g/mol. The fraction of sp³-hybridized carbons (Fsp3) is 0. The Bertz CT molecular complexity index is 1280. The highest BCUT2D eigenvalue weighted by molar-refractivity contribution is 9.10. The van der Waals surface area contributed by atoms with Crippen LogP contribution in [0, 0.1) is 0 Å². The number of nitrogens with one attached hydrogen (secondary N) is 1. The van der Waals surface area contributed by atoms with Gasteiger partial charge in [-0.05, 0) is 42.5 Å². The van der Waals surface area contributed by atoms with Crippen LogP contribution < -0.4 is 10.9 Å². The van der Waals surface area contributed by atoms with Gasteiger partial charge in [0.25, 0.3) is 0 Å². The summed E-state index contributed by atoms with van der Waals surface area (Å²) in [6.07, 6.45) is 2.48. The van der Waals surface area contributed by atoms with Crippen LogP contribution in [-0.4, -0.2) is 12.1 Å². The maximum absolute atomic E-state index is 12.4. The van der Waals surface area contributed by atoms with Crippen molar-refractivity contribution in [3.05, 3.63) is 79.8 Å². The molecule has 2 heterocycles. The first-order chi connectivity index (χ1) is 13.0. The lowest BCUT2D eigenvalue weighted by Crippen LogP contribution is -2.18. The molecule has 1 N–H and O–H groups in total. The molecule has 2 aromatic heterocycles. The second-order valence-electron chi connectivity index (χ2n) is 5.65. The van der Waals surface area contributed by atoms with Gasteiger partial charge in [-0.2, -0.15) is 5.10 Å². The molecule has 8 heteroatoms. The first-order valence-electron chi connectivity index (χ1n) is 7.75. The van der Waals surface area contributed by atoms with Gasteiger partial charge in [0.15, 0.2) is 5.76 Å². The summed E-state index contributed by atoms with van der Waals surface area (Å²) in [7, 11) is 0. The zero-order valence-corrected chi connectivity index (χ0v) is 15.9. The molecule has 0 atom stereocenters. The fourth-order valence-electron chi connectivity index (χ4n) is 2.55. The van der Waals surface area contributed by atoms with Crippen molar-refractivity contribution in [2.45, 2.75) is 0 Å².